The van der Waals surface area contributed by atoms with Crippen molar-refractivity contribution in [3.8, 4) is 11.6 Å². The summed E-state index contributed by atoms with van der Waals surface area (Å²) in [6, 6.07) is 3.21. The van der Waals surface area contributed by atoms with Crippen molar-refractivity contribution >= 4 is 11.6 Å². The fourth-order valence-electron chi connectivity index (χ4n) is 1.16. The lowest BCUT2D eigenvalue weighted by Gasteiger charge is -2.07. The number of halogens is 3. The molecule has 1 aromatic heterocycles. The molecule has 0 aliphatic carbocycles. The Morgan fingerprint density at radius 1 is 1.24 bits per heavy atom. The first-order valence-corrected chi connectivity index (χ1v) is 5.06. The van der Waals surface area contributed by atoms with Gasteiger partial charge in [0.25, 0.3) is 0 Å². The van der Waals surface area contributed by atoms with E-state index in [0.29, 0.717) is 5.56 Å². The Hall–Kier alpha value is -1.75. The van der Waals surface area contributed by atoms with E-state index in [1.165, 1.54) is 12.3 Å². The maximum Gasteiger partial charge on any atom is 0.226 e. The molecule has 0 saturated heterocycles. The minimum atomic E-state index is -0.986. The summed E-state index contributed by atoms with van der Waals surface area (Å²) in [5.41, 5.74) is 0.638. The molecule has 3 nitrogen and oxygen atoms in total. The summed E-state index contributed by atoms with van der Waals surface area (Å²) in [5, 5.41) is 0.0215. The lowest BCUT2D eigenvalue weighted by Crippen LogP contribution is -1.94. The van der Waals surface area contributed by atoms with Gasteiger partial charge in [-0.15, -0.1) is 0 Å². The molecular weight excluding hydrogens is 250 g/mol. The number of nitrogens with zero attached hydrogens (tertiary/aromatic N) is 2. The van der Waals surface area contributed by atoms with Crippen LogP contribution in [-0.4, -0.2) is 9.97 Å². The minimum Gasteiger partial charge on any atom is -0.438 e. The molecule has 2 aromatic rings. The van der Waals surface area contributed by atoms with Gasteiger partial charge in [0.1, 0.15) is 5.75 Å². The molecule has 0 fully saturated rings. The number of aryl methyl sites for hydroxylation is 1. The van der Waals surface area contributed by atoms with Gasteiger partial charge in [0, 0.05) is 17.8 Å². The monoisotopic (exact) mass is 256 g/mol. The molecule has 0 N–H and O–H groups in total. The van der Waals surface area contributed by atoms with E-state index in [2.05, 4.69) is 9.97 Å². The van der Waals surface area contributed by atoms with Crippen LogP contribution in [0.1, 0.15) is 5.56 Å². The van der Waals surface area contributed by atoms with Crippen molar-refractivity contribution in [2.24, 2.45) is 0 Å². The first-order chi connectivity index (χ1) is 8.06. The van der Waals surface area contributed by atoms with Gasteiger partial charge < -0.3 is 4.74 Å². The Morgan fingerprint density at radius 3 is 2.71 bits per heavy atom. The Kier molecular flexibility index (Phi) is 3.19. The third-order valence-corrected chi connectivity index (χ3v) is 2.18. The van der Waals surface area contributed by atoms with Crippen molar-refractivity contribution in [1.29, 1.82) is 0 Å². The van der Waals surface area contributed by atoms with Crippen LogP contribution >= 0.6 is 11.6 Å². The summed E-state index contributed by atoms with van der Waals surface area (Å²) in [5.74, 6) is -1.58. The van der Waals surface area contributed by atoms with Gasteiger partial charge in [-0.3, -0.25) is 0 Å². The second-order valence-corrected chi connectivity index (χ2v) is 3.64. The molecule has 0 bridgehead atoms. The van der Waals surface area contributed by atoms with Crippen LogP contribution in [0.15, 0.2) is 24.4 Å². The van der Waals surface area contributed by atoms with Crippen molar-refractivity contribution in [3.05, 3.63) is 46.9 Å². The number of rotatable bonds is 2. The summed E-state index contributed by atoms with van der Waals surface area (Å²) in [6.07, 6.45) is 1.48. The van der Waals surface area contributed by atoms with Gasteiger partial charge in [-0.25, -0.2) is 13.8 Å². The molecule has 0 spiro atoms. The largest absolute Gasteiger partial charge is 0.438 e. The molecule has 6 heteroatoms. The molecule has 17 heavy (non-hydrogen) atoms. The third kappa shape index (κ3) is 2.68. The predicted molar refractivity (Wildman–Crippen MR) is 58.2 cm³/mol. The number of hydrogen-bond acceptors (Lipinski definition) is 3. The van der Waals surface area contributed by atoms with Gasteiger partial charge >= 0.3 is 0 Å². The zero-order chi connectivity index (χ0) is 12.4. The fourth-order valence-corrected chi connectivity index (χ4v) is 1.29. The third-order valence-electron chi connectivity index (χ3n) is 2.00. The molecule has 0 aliphatic rings. The van der Waals surface area contributed by atoms with Gasteiger partial charge in [0.15, 0.2) is 11.6 Å². The van der Waals surface area contributed by atoms with E-state index in [1.807, 2.05) is 0 Å². The molecule has 0 aliphatic heterocycles. The number of benzene rings is 1. The Bertz CT molecular complexity index is 563. The van der Waals surface area contributed by atoms with Crippen molar-refractivity contribution in [2.75, 3.05) is 0 Å². The lowest BCUT2D eigenvalue weighted by molar-refractivity contribution is 0.443. The molecule has 0 unspecified atom stereocenters. The quantitative estimate of drug-likeness (QED) is 0.771. The van der Waals surface area contributed by atoms with Crippen LogP contribution in [0, 0.1) is 18.6 Å². The number of aromatic nitrogens is 2. The topological polar surface area (TPSA) is 35.0 Å². The average molecular weight is 257 g/mol. The van der Waals surface area contributed by atoms with Crippen molar-refractivity contribution in [2.45, 2.75) is 6.92 Å². The maximum atomic E-state index is 12.9. The molecule has 1 aromatic carbocycles. The van der Waals surface area contributed by atoms with Gasteiger partial charge in [-0.2, -0.15) is 4.98 Å². The van der Waals surface area contributed by atoms with Crippen molar-refractivity contribution in [1.82, 2.24) is 9.97 Å². The molecule has 0 saturated carbocycles. The van der Waals surface area contributed by atoms with Crippen LogP contribution < -0.4 is 4.74 Å². The molecule has 0 atom stereocenters. The molecule has 0 amide bonds. The summed E-state index contributed by atoms with van der Waals surface area (Å²) >= 11 is 5.60. The summed E-state index contributed by atoms with van der Waals surface area (Å²) in [7, 11) is 0. The van der Waals surface area contributed by atoms with Crippen LogP contribution in [0.5, 0.6) is 11.6 Å². The maximum absolute atomic E-state index is 12.9. The van der Waals surface area contributed by atoms with Crippen LogP contribution in [0.25, 0.3) is 0 Å². The summed E-state index contributed by atoms with van der Waals surface area (Å²) in [4.78, 5) is 7.59. The lowest BCUT2D eigenvalue weighted by atomic mass is 10.3. The average Bonchev–Trinajstić information content (AvgIpc) is 2.29. The van der Waals surface area contributed by atoms with Crippen molar-refractivity contribution in [3.63, 3.8) is 0 Å². The highest BCUT2D eigenvalue weighted by Crippen LogP contribution is 2.24. The second-order valence-electron chi connectivity index (χ2n) is 3.31. The van der Waals surface area contributed by atoms with E-state index in [9.17, 15) is 8.78 Å². The molecular formula is C11H7ClF2N2O. The SMILES string of the molecule is Cc1cnc(Cl)nc1Oc1ccc(F)c(F)c1. The van der Waals surface area contributed by atoms with E-state index >= 15 is 0 Å². The van der Waals surface area contributed by atoms with Gasteiger partial charge in [0.2, 0.25) is 11.2 Å². The molecule has 2 rings (SSSR count). The van der Waals surface area contributed by atoms with E-state index < -0.39 is 11.6 Å². The first kappa shape index (κ1) is 11.7. The Morgan fingerprint density at radius 2 is 2.00 bits per heavy atom. The normalized spacial score (nSPS) is 10.4. The Labute approximate surface area is 101 Å². The van der Waals surface area contributed by atoms with Crippen LogP contribution in [0.4, 0.5) is 8.78 Å². The van der Waals surface area contributed by atoms with Crippen LogP contribution in [-0.2, 0) is 0 Å². The smallest absolute Gasteiger partial charge is 0.226 e. The summed E-state index contributed by atoms with van der Waals surface area (Å²) < 4.78 is 30.9. The van der Waals surface area contributed by atoms with Crippen LogP contribution in [0.2, 0.25) is 5.28 Å². The fraction of sp³-hybridized carbons (Fsp3) is 0.0909. The highest BCUT2D eigenvalue weighted by molar-refractivity contribution is 6.28. The highest BCUT2D eigenvalue weighted by Gasteiger charge is 2.08. The van der Waals surface area contributed by atoms with E-state index in [0.717, 1.165) is 12.1 Å². The van der Waals surface area contributed by atoms with Gasteiger partial charge in [-0.1, -0.05) is 0 Å². The van der Waals surface area contributed by atoms with Crippen molar-refractivity contribution < 1.29 is 13.5 Å². The van der Waals surface area contributed by atoms with Gasteiger partial charge in [-0.05, 0) is 30.7 Å². The highest BCUT2D eigenvalue weighted by atomic mass is 35.5. The zero-order valence-corrected chi connectivity index (χ0v) is 9.50. The molecule has 0 radical (unpaired) electrons. The zero-order valence-electron chi connectivity index (χ0n) is 8.75. The standard InChI is InChI=1S/C11H7ClF2N2O/c1-6-5-15-11(12)16-10(6)17-7-2-3-8(13)9(14)4-7/h2-5H,1H3. The number of hydrogen-bond donors (Lipinski definition) is 0. The first-order valence-electron chi connectivity index (χ1n) is 4.68. The van der Waals surface area contributed by atoms with Crippen LogP contribution in [0.3, 0.4) is 0 Å². The summed E-state index contributed by atoms with van der Waals surface area (Å²) in [6.45, 7) is 1.71. The van der Waals surface area contributed by atoms with Gasteiger partial charge in [0.05, 0.1) is 0 Å². The van der Waals surface area contributed by atoms with E-state index in [1.54, 1.807) is 6.92 Å². The number of ether oxygens (including phenoxy) is 1. The van der Waals surface area contributed by atoms with E-state index in [4.69, 9.17) is 16.3 Å². The minimum absolute atomic E-state index is 0.0215. The predicted octanol–water partition coefficient (Wildman–Crippen LogP) is 3.51. The molecule has 1 heterocycles. The Balaban J connectivity index is 2.31. The second kappa shape index (κ2) is 4.63. The van der Waals surface area contributed by atoms with E-state index in [-0.39, 0.29) is 16.9 Å². The molecule has 88 valence electrons.